The van der Waals surface area contributed by atoms with Crippen LogP contribution in [0.5, 0.6) is 5.75 Å². The number of carboxylic acids is 1. The van der Waals surface area contributed by atoms with Crippen molar-refractivity contribution in [3.05, 3.63) is 102 Å². The highest BCUT2D eigenvalue weighted by molar-refractivity contribution is 5.69. The molecule has 0 aliphatic rings. The van der Waals surface area contributed by atoms with Crippen LogP contribution in [0.1, 0.15) is 23.6 Å². The molecule has 3 rings (SSSR count). The molecule has 2 N–H and O–H groups in total. The largest absolute Gasteiger partial charge is 0.497 e. The van der Waals surface area contributed by atoms with Gasteiger partial charge < -0.3 is 14.6 Å². The molecule has 0 amide bonds. The molecule has 3 aromatic carbocycles. The number of ether oxygens (including phenoxy) is 2. The van der Waals surface area contributed by atoms with Gasteiger partial charge in [0.25, 0.3) is 0 Å². The molecule has 0 aliphatic heterocycles. The lowest BCUT2D eigenvalue weighted by molar-refractivity contribution is -0.137. The van der Waals surface area contributed by atoms with Crippen LogP contribution in [-0.4, -0.2) is 31.0 Å². The molecule has 5 nitrogen and oxygen atoms in total. The fourth-order valence-electron chi connectivity index (χ4n) is 3.41. The minimum absolute atomic E-state index is 0.191. The highest BCUT2D eigenvalue weighted by Gasteiger charge is 2.39. The first kappa shape index (κ1) is 20.6. The fourth-order valence-corrected chi connectivity index (χ4v) is 3.41. The Morgan fingerprint density at radius 2 is 1.38 bits per heavy atom. The van der Waals surface area contributed by atoms with Crippen molar-refractivity contribution in [2.24, 2.45) is 0 Å². The Kier molecular flexibility index (Phi) is 6.65. The number of hydrogen-bond donors (Lipinski definition) is 2. The molecule has 3 aromatic rings. The number of benzene rings is 3. The summed E-state index contributed by atoms with van der Waals surface area (Å²) >= 11 is 0. The summed E-state index contributed by atoms with van der Waals surface area (Å²) < 4.78 is 11.9. The smallest absolute Gasteiger partial charge is 0.317 e. The molecule has 0 fully saturated rings. The Hall–Kier alpha value is -3.15. The maximum Gasteiger partial charge on any atom is 0.317 e. The summed E-state index contributed by atoms with van der Waals surface area (Å²) in [5.41, 5.74) is 1.88. The maximum absolute atomic E-state index is 11.0. The van der Waals surface area contributed by atoms with E-state index < -0.39 is 17.8 Å². The third-order valence-corrected chi connectivity index (χ3v) is 4.75. The Balaban J connectivity index is 2.17. The number of aliphatic carboxylic acids is 1. The maximum atomic E-state index is 11.0. The van der Waals surface area contributed by atoms with Gasteiger partial charge in [-0.15, -0.1) is 0 Å². The van der Waals surface area contributed by atoms with Gasteiger partial charge in [-0.2, -0.15) is 0 Å². The Labute approximate surface area is 170 Å². The van der Waals surface area contributed by atoms with E-state index in [2.05, 4.69) is 5.32 Å². The summed E-state index contributed by atoms with van der Waals surface area (Å²) in [4.78, 5) is 11.0. The third kappa shape index (κ3) is 4.65. The Morgan fingerprint density at radius 1 is 0.897 bits per heavy atom. The van der Waals surface area contributed by atoms with Gasteiger partial charge in [-0.25, -0.2) is 0 Å². The summed E-state index contributed by atoms with van der Waals surface area (Å²) in [5, 5.41) is 12.0. The van der Waals surface area contributed by atoms with E-state index >= 15 is 0 Å². The van der Waals surface area contributed by atoms with Crippen molar-refractivity contribution < 1.29 is 19.4 Å². The van der Waals surface area contributed by atoms with Crippen molar-refractivity contribution in [2.45, 2.75) is 18.8 Å². The second-order valence-electron chi connectivity index (χ2n) is 6.68. The van der Waals surface area contributed by atoms with E-state index in [-0.39, 0.29) is 6.54 Å². The molecule has 0 saturated carbocycles. The number of carbonyl (C=O) groups is 1. The fraction of sp³-hybridized carbons (Fsp3) is 0.208. The van der Waals surface area contributed by atoms with Gasteiger partial charge in [0.1, 0.15) is 17.6 Å². The van der Waals surface area contributed by atoms with Crippen LogP contribution in [-0.2, 0) is 15.1 Å². The normalized spacial score (nSPS) is 12.3. The number of methoxy groups -OCH3 is 1. The molecule has 0 heterocycles. The summed E-state index contributed by atoms with van der Waals surface area (Å²) in [5.74, 6) is -0.184. The van der Waals surface area contributed by atoms with Gasteiger partial charge >= 0.3 is 5.97 Å². The van der Waals surface area contributed by atoms with Gasteiger partial charge in [-0.3, -0.25) is 10.1 Å². The number of carboxylic acid groups (broad SMARTS) is 1. The molecule has 0 aliphatic carbocycles. The van der Waals surface area contributed by atoms with Crippen LogP contribution in [0.2, 0.25) is 0 Å². The zero-order chi connectivity index (χ0) is 20.7. The zero-order valence-corrected chi connectivity index (χ0v) is 16.5. The second kappa shape index (κ2) is 9.37. The molecule has 29 heavy (non-hydrogen) atoms. The second-order valence-corrected chi connectivity index (χ2v) is 6.68. The molecular formula is C24H25NO4. The number of nitrogens with one attached hydrogen (secondary N) is 1. The van der Waals surface area contributed by atoms with Gasteiger partial charge in [-0.1, -0.05) is 72.8 Å². The van der Waals surface area contributed by atoms with E-state index in [0.717, 1.165) is 22.4 Å². The van der Waals surface area contributed by atoms with Gasteiger partial charge in [-0.05, 0) is 35.7 Å². The first-order chi connectivity index (χ1) is 14.1. The number of hydrogen-bond acceptors (Lipinski definition) is 4. The molecule has 150 valence electrons. The Morgan fingerprint density at radius 3 is 1.83 bits per heavy atom. The predicted octanol–water partition coefficient (Wildman–Crippen LogP) is 4.02. The molecule has 1 atom stereocenters. The molecule has 0 saturated heterocycles. The molecular weight excluding hydrogens is 366 g/mol. The molecule has 5 heteroatoms. The summed E-state index contributed by atoms with van der Waals surface area (Å²) in [6.45, 7) is 1.62. The lowest BCUT2D eigenvalue weighted by atomic mass is 9.80. The minimum atomic E-state index is -0.935. The monoisotopic (exact) mass is 391 g/mol. The highest BCUT2D eigenvalue weighted by atomic mass is 16.5. The van der Waals surface area contributed by atoms with Crippen LogP contribution in [0.15, 0.2) is 84.9 Å². The van der Waals surface area contributed by atoms with E-state index in [1.54, 1.807) is 7.11 Å². The van der Waals surface area contributed by atoms with Crippen LogP contribution >= 0.6 is 0 Å². The van der Waals surface area contributed by atoms with Crippen molar-refractivity contribution in [2.75, 3.05) is 13.7 Å². The topological polar surface area (TPSA) is 67.8 Å². The van der Waals surface area contributed by atoms with Crippen LogP contribution in [0.25, 0.3) is 0 Å². The van der Waals surface area contributed by atoms with Gasteiger partial charge in [0.2, 0.25) is 0 Å². The summed E-state index contributed by atoms with van der Waals surface area (Å²) in [6.07, 6.45) is -0.520. The first-order valence-corrected chi connectivity index (χ1v) is 9.45. The van der Waals surface area contributed by atoms with E-state index in [4.69, 9.17) is 14.6 Å². The molecule has 0 spiro atoms. The summed E-state index contributed by atoms with van der Waals surface area (Å²) in [6, 6.07) is 27.6. The van der Waals surface area contributed by atoms with Gasteiger partial charge in [0.15, 0.2) is 0 Å². The van der Waals surface area contributed by atoms with Crippen molar-refractivity contribution in [3.63, 3.8) is 0 Å². The van der Waals surface area contributed by atoms with Crippen LogP contribution in [0.4, 0.5) is 0 Å². The summed E-state index contributed by atoms with van der Waals surface area (Å²) in [7, 11) is 1.63. The first-order valence-electron chi connectivity index (χ1n) is 9.45. The predicted molar refractivity (Wildman–Crippen MR) is 112 cm³/mol. The van der Waals surface area contributed by atoms with E-state index in [1.165, 1.54) is 0 Å². The Bertz CT molecular complexity index is 871. The van der Waals surface area contributed by atoms with E-state index in [1.807, 2.05) is 91.9 Å². The molecule has 0 bridgehead atoms. The molecule has 1 unspecified atom stereocenters. The average molecular weight is 391 g/mol. The quantitative estimate of drug-likeness (QED) is 0.426. The van der Waals surface area contributed by atoms with E-state index in [9.17, 15) is 4.79 Å². The van der Waals surface area contributed by atoms with Crippen molar-refractivity contribution in [1.29, 1.82) is 0 Å². The van der Waals surface area contributed by atoms with Crippen LogP contribution in [0.3, 0.4) is 0 Å². The lowest BCUT2D eigenvalue weighted by Gasteiger charge is -2.38. The van der Waals surface area contributed by atoms with Crippen LogP contribution in [0, 0.1) is 0 Å². The number of rotatable bonds is 9. The highest BCUT2D eigenvalue weighted by Crippen LogP contribution is 2.41. The molecule has 0 radical (unpaired) electrons. The average Bonchev–Trinajstić information content (AvgIpc) is 2.77. The van der Waals surface area contributed by atoms with Gasteiger partial charge in [0, 0.05) is 0 Å². The van der Waals surface area contributed by atoms with Gasteiger partial charge in [0.05, 0.1) is 13.7 Å². The standard InChI is InChI=1S/C24H25NO4/c1-18(25-17-23(26)27)29-24(19-9-5-3-6-10-19,20-11-7-4-8-12-20)21-13-15-22(28-2)16-14-21/h3-16,18,25H,17H2,1-2H3,(H,26,27). The zero-order valence-electron chi connectivity index (χ0n) is 16.5. The van der Waals surface area contributed by atoms with Crippen molar-refractivity contribution in [3.8, 4) is 5.75 Å². The van der Waals surface area contributed by atoms with Crippen molar-refractivity contribution >= 4 is 5.97 Å². The minimum Gasteiger partial charge on any atom is -0.497 e. The van der Waals surface area contributed by atoms with E-state index in [0.29, 0.717) is 0 Å². The SMILES string of the molecule is COc1ccc(C(OC(C)NCC(=O)O)(c2ccccc2)c2ccccc2)cc1. The van der Waals surface area contributed by atoms with Crippen molar-refractivity contribution in [1.82, 2.24) is 5.32 Å². The third-order valence-electron chi connectivity index (χ3n) is 4.75. The van der Waals surface area contributed by atoms with Crippen LogP contribution < -0.4 is 10.1 Å². The molecule has 0 aromatic heterocycles. The lowest BCUT2D eigenvalue weighted by Crippen LogP contribution is -2.42.